The van der Waals surface area contributed by atoms with Crippen molar-refractivity contribution in [1.82, 2.24) is 15.5 Å². The van der Waals surface area contributed by atoms with Crippen molar-refractivity contribution in [3.63, 3.8) is 0 Å². The number of allylic oxidation sites excluding steroid dienone is 11. The first-order valence-corrected chi connectivity index (χ1v) is 13.1. The van der Waals surface area contributed by atoms with Gasteiger partial charge in [0.1, 0.15) is 0 Å². The maximum absolute atomic E-state index is 11.7. The van der Waals surface area contributed by atoms with Gasteiger partial charge >= 0.3 is 5.97 Å². The number of carbonyl (C=O) groups is 1. The van der Waals surface area contributed by atoms with Crippen LogP contribution in [-0.2, 0) is 4.79 Å². The number of hydrogen-bond acceptors (Lipinski definition) is 4. The number of nitrogens with zero attached hydrogens (tertiary/aromatic N) is 1. The summed E-state index contributed by atoms with van der Waals surface area (Å²) in [6, 6.07) is -0.0900. The Balaban J connectivity index is 2.32. The molecule has 0 aliphatic carbocycles. The largest absolute Gasteiger partial charge is 0.478 e. The molecule has 0 aromatic carbocycles. The summed E-state index contributed by atoms with van der Waals surface area (Å²) >= 11 is 0. The molecule has 0 fully saturated rings. The van der Waals surface area contributed by atoms with E-state index in [2.05, 4.69) is 95.5 Å². The van der Waals surface area contributed by atoms with E-state index in [1.807, 2.05) is 6.92 Å². The van der Waals surface area contributed by atoms with E-state index in [0.717, 1.165) is 29.0 Å². The minimum Gasteiger partial charge on any atom is -0.478 e. The molecular weight excluding hydrogens is 470 g/mol. The summed E-state index contributed by atoms with van der Waals surface area (Å²) < 4.78 is 0. The second-order valence-electron chi connectivity index (χ2n) is 10.3. The van der Waals surface area contributed by atoms with Crippen molar-refractivity contribution in [3.8, 4) is 0 Å². The third-order valence-corrected chi connectivity index (χ3v) is 7.39. The van der Waals surface area contributed by atoms with Gasteiger partial charge in [-0.3, -0.25) is 0 Å². The minimum absolute atomic E-state index is 0.0900. The highest BCUT2D eigenvalue weighted by Crippen LogP contribution is 2.30. The highest BCUT2D eigenvalue weighted by molar-refractivity contribution is 5.91. The molecule has 204 valence electrons. The van der Waals surface area contributed by atoms with Crippen molar-refractivity contribution < 1.29 is 9.90 Å². The molecular formula is C33H45N3O2. The molecule has 2 rings (SSSR count). The predicted octanol–water partition coefficient (Wildman–Crippen LogP) is 7.22. The van der Waals surface area contributed by atoms with E-state index >= 15 is 0 Å². The summed E-state index contributed by atoms with van der Waals surface area (Å²) in [6.45, 7) is 28.4. The maximum Gasteiger partial charge on any atom is 0.337 e. The van der Waals surface area contributed by atoms with Crippen molar-refractivity contribution >= 4 is 5.97 Å². The van der Waals surface area contributed by atoms with Gasteiger partial charge in [-0.1, -0.05) is 37.0 Å². The van der Waals surface area contributed by atoms with E-state index in [1.165, 1.54) is 33.6 Å². The van der Waals surface area contributed by atoms with Crippen LogP contribution in [0, 0.1) is 0 Å². The number of carboxylic acids is 1. The lowest BCUT2D eigenvalue weighted by Gasteiger charge is -2.33. The van der Waals surface area contributed by atoms with Gasteiger partial charge in [-0.05, 0) is 113 Å². The van der Waals surface area contributed by atoms with Crippen molar-refractivity contribution in [3.05, 3.63) is 117 Å². The van der Waals surface area contributed by atoms with Crippen LogP contribution in [0.5, 0.6) is 0 Å². The first kappa shape index (κ1) is 30.5. The van der Waals surface area contributed by atoms with E-state index in [9.17, 15) is 9.90 Å². The molecule has 2 aliphatic rings. The van der Waals surface area contributed by atoms with Gasteiger partial charge in [-0.25, -0.2) is 4.79 Å². The maximum atomic E-state index is 11.7. The van der Waals surface area contributed by atoms with Crippen LogP contribution in [0.2, 0.25) is 0 Å². The van der Waals surface area contributed by atoms with Crippen LogP contribution in [-0.4, -0.2) is 35.1 Å². The van der Waals surface area contributed by atoms with E-state index in [1.54, 1.807) is 25.2 Å². The average Bonchev–Trinajstić information content (AvgIpc) is 2.87. The summed E-state index contributed by atoms with van der Waals surface area (Å²) in [5.41, 5.74) is 12.7. The van der Waals surface area contributed by atoms with E-state index < -0.39 is 5.97 Å². The van der Waals surface area contributed by atoms with Crippen LogP contribution >= 0.6 is 0 Å². The Morgan fingerprint density at radius 3 is 2.37 bits per heavy atom. The van der Waals surface area contributed by atoms with E-state index in [-0.39, 0.29) is 11.6 Å². The van der Waals surface area contributed by atoms with E-state index in [0.29, 0.717) is 12.2 Å². The van der Waals surface area contributed by atoms with Crippen LogP contribution in [0.1, 0.15) is 62.3 Å². The molecule has 38 heavy (non-hydrogen) atoms. The number of nitrogens with one attached hydrogen (secondary N) is 2. The molecule has 3 N–H and O–H groups in total. The molecule has 0 bridgehead atoms. The summed E-state index contributed by atoms with van der Waals surface area (Å²) in [7, 11) is 0. The van der Waals surface area contributed by atoms with Gasteiger partial charge in [-0.15, -0.1) is 0 Å². The van der Waals surface area contributed by atoms with Gasteiger partial charge in [0.2, 0.25) is 0 Å². The number of carboxylic acid groups (broad SMARTS) is 1. The van der Waals surface area contributed by atoms with Crippen LogP contribution in [0.25, 0.3) is 0 Å². The van der Waals surface area contributed by atoms with Crippen molar-refractivity contribution in [2.24, 2.45) is 0 Å². The highest BCUT2D eigenvalue weighted by Gasteiger charge is 2.22. The zero-order chi connectivity index (χ0) is 28.7. The van der Waals surface area contributed by atoms with Gasteiger partial charge in [0, 0.05) is 42.4 Å². The zero-order valence-corrected chi connectivity index (χ0v) is 24.7. The second-order valence-corrected chi connectivity index (χ2v) is 10.3. The summed E-state index contributed by atoms with van der Waals surface area (Å²) in [4.78, 5) is 13.9. The molecule has 2 aliphatic heterocycles. The van der Waals surface area contributed by atoms with Crippen molar-refractivity contribution in [2.45, 2.75) is 68.4 Å². The summed E-state index contributed by atoms with van der Waals surface area (Å²) in [5, 5.41) is 16.6. The van der Waals surface area contributed by atoms with Crippen LogP contribution < -0.4 is 10.6 Å². The molecule has 0 radical (unpaired) electrons. The first-order valence-electron chi connectivity index (χ1n) is 13.1. The summed E-state index contributed by atoms with van der Waals surface area (Å²) in [6.07, 6.45) is 11.5. The molecule has 2 heterocycles. The van der Waals surface area contributed by atoms with Gasteiger partial charge in [0.05, 0.1) is 5.57 Å². The number of hydrogen-bond donors (Lipinski definition) is 3. The fourth-order valence-corrected chi connectivity index (χ4v) is 4.58. The van der Waals surface area contributed by atoms with Gasteiger partial charge in [0.25, 0.3) is 0 Å². The fourth-order valence-electron chi connectivity index (χ4n) is 4.58. The van der Waals surface area contributed by atoms with Crippen molar-refractivity contribution in [2.75, 3.05) is 13.1 Å². The van der Waals surface area contributed by atoms with Crippen LogP contribution in [0.3, 0.4) is 0 Å². The molecule has 5 nitrogen and oxygen atoms in total. The van der Waals surface area contributed by atoms with Gasteiger partial charge in [0.15, 0.2) is 0 Å². The lowest BCUT2D eigenvalue weighted by Crippen LogP contribution is -2.35. The van der Waals surface area contributed by atoms with E-state index in [4.69, 9.17) is 0 Å². The lowest BCUT2D eigenvalue weighted by atomic mass is 9.91. The molecule has 0 saturated carbocycles. The molecule has 1 unspecified atom stereocenters. The third kappa shape index (κ3) is 7.18. The minimum atomic E-state index is -0.972. The van der Waals surface area contributed by atoms with Crippen LogP contribution in [0.4, 0.5) is 0 Å². The summed E-state index contributed by atoms with van der Waals surface area (Å²) in [5.74, 6) is -0.972. The average molecular weight is 516 g/mol. The Morgan fingerprint density at radius 2 is 1.82 bits per heavy atom. The van der Waals surface area contributed by atoms with Crippen LogP contribution in [0.15, 0.2) is 117 Å². The van der Waals surface area contributed by atoms with Gasteiger partial charge in [-0.2, -0.15) is 0 Å². The van der Waals surface area contributed by atoms with Gasteiger partial charge < -0.3 is 20.6 Å². The Kier molecular flexibility index (Phi) is 10.6. The molecule has 0 saturated heterocycles. The Labute approximate surface area is 229 Å². The van der Waals surface area contributed by atoms with Crippen molar-refractivity contribution in [1.29, 1.82) is 0 Å². The normalized spacial score (nSPS) is 17.9. The lowest BCUT2D eigenvalue weighted by molar-refractivity contribution is -0.132. The third-order valence-electron chi connectivity index (χ3n) is 7.39. The zero-order valence-electron chi connectivity index (χ0n) is 24.7. The second kappa shape index (κ2) is 13.2. The predicted molar refractivity (Wildman–Crippen MR) is 161 cm³/mol. The molecule has 0 aromatic rings. The SMILES string of the molecule is C=C/C=C(NC(C)C1=CC(C)=CN(C(=C)/C(C)=C(\C)C2=CC(C(C)=C(C)C)=C(C)NC2)C1)\C(=C/C)C(=O)O. The fraction of sp³-hybridized carbons (Fsp3) is 0.364. The number of rotatable bonds is 10. The molecule has 0 spiro atoms. The monoisotopic (exact) mass is 515 g/mol. The Hall–Kier alpha value is -3.73. The highest BCUT2D eigenvalue weighted by atomic mass is 16.4. The topological polar surface area (TPSA) is 64.6 Å². The molecule has 5 heteroatoms. The molecule has 0 aromatic heterocycles. The standard InChI is InChI=1S/C33H45N3O2/c1-12-14-32(30(13-2)33(37)38)35-25(9)29-15-21(5)18-36(19-29)27(11)23(7)24(8)28-16-31(22(6)20(3)4)26(10)34-17-28/h12-16,18,25,34-35H,1,11,17,19H2,2-10H3,(H,37,38)/b24-23+,30-13+,32-14+. The first-order chi connectivity index (χ1) is 17.8. The Bertz CT molecular complexity index is 1250. The number of dihydropyridines is 1. The number of aliphatic carboxylic acids is 1. The molecule has 0 amide bonds. The molecule has 1 atom stereocenters. The quantitative estimate of drug-likeness (QED) is 0.212. The Morgan fingerprint density at radius 1 is 1.16 bits per heavy atom. The smallest absolute Gasteiger partial charge is 0.337 e.